The van der Waals surface area contributed by atoms with Crippen molar-refractivity contribution in [1.29, 1.82) is 0 Å². The Morgan fingerprint density at radius 1 is 1.11 bits per heavy atom. The number of β-amino-alcohol motifs (C(OH)–C–C–N with tert-alkyl or cyclic N) is 1. The lowest BCUT2D eigenvalue weighted by atomic mass is 9.46. The van der Waals surface area contributed by atoms with Crippen molar-refractivity contribution in [3.05, 3.63) is 11.6 Å². The van der Waals surface area contributed by atoms with Gasteiger partial charge in [0.15, 0.2) is 12.4 Å². The third-order valence-corrected chi connectivity index (χ3v) is 11.2. The zero-order valence-corrected chi connectivity index (χ0v) is 23.1. The van der Waals surface area contributed by atoms with E-state index in [-0.39, 0.29) is 36.2 Å². The van der Waals surface area contributed by atoms with Crippen molar-refractivity contribution in [3.63, 3.8) is 0 Å². The first-order chi connectivity index (χ1) is 17.9. The van der Waals surface area contributed by atoms with Crippen LogP contribution in [0.15, 0.2) is 16.8 Å². The van der Waals surface area contributed by atoms with Crippen molar-refractivity contribution in [2.24, 2.45) is 33.7 Å². The number of carbonyl (C=O) groups is 3. The lowest BCUT2D eigenvalue weighted by Gasteiger charge is -2.59. The summed E-state index contributed by atoms with van der Waals surface area (Å²) in [5.41, 5.74) is 0.746. The molecule has 4 fully saturated rings. The number of hydrogen-bond donors (Lipinski definition) is 2. The molecule has 1 amide bonds. The molecule has 38 heavy (non-hydrogen) atoms. The van der Waals surface area contributed by atoms with Gasteiger partial charge in [0.25, 0.3) is 5.91 Å². The molecule has 1 aliphatic heterocycles. The lowest BCUT2D eigenvalue weighted by molar-refractivity contribution is -0.159. The van der Waals surface area contributed by atoms with E-state index in [0.717, 1.165) is 50.7 Å². The molecule has 0 aromatic carbocycles. The van der Waals surface area contributed by atoms with Crippen LogP contribution in [-0.4, -0.2) is 76.5 Å². The third-order valence-electron chi connectivity index (χ3n) is 11.2. The van der Waals surface area contributed by atoms with E-state index in [1.165, 1.54) is 17.6 Å². The predicted octanol–water partition coefficient (Wildman–Crippen LogP) is 2.78. The summed E-state index contributed by atoms with van der Waals surface area (Å²) in [7, 11) is 1.27. The van der Waals surface area contributed by atoms with Crippen molar-refractivity contribution in [3.8, 4) is 0 Å². The Labute approximate surface area is 224 Å². The third kappa shape index (κ3) is 4.12. The average molecular weight is 531 g/mol. The number of fused-ring (bicyclic) bond motifs is 5. The summed E-state index contributed by atoms with van der Waals surface area (Å²) in [6.45, 7) is 5.85. The quantitative estimate of drug-likeness (QED) is 0.414. The summed E-state index contributed by atoms with van der Waals surface area (Å²) in [6, 6.07) is -0.796. The Morgan fingerprint density at radius 3 is 2.55 bits per heavy atom. The van der Waals surface area contributed by atoms with Gasteiger partial charge < -0.3 is 24.7 Å². The standard InChI is InChI=1S/C29H42N2O7/c1-17(32)29(36)12-9-23-21-6-5-18-13-19(7-10-27(18,2)22(21)8-11-28(23,29)3)30-38-16-25(34)31-15-20(33)14-24(31)26(35)37-4/h13,20-24,33,36H,5-12,14-16H2,1-4H3/b30-19+/t20-,21+,22-,23+,24-,27+,28+,29+/m1/s1. The van der Waals surface area contributed by atoms with Crippen molar-refractivity contribution in [1.82, 2.24) is 4.90 Å². The molecule has 0 bridgehead atoms. The molecule has 4 aliphatic carbocycles. The van der Waals surface area contributed by atoms with Gasteiger partial charge in [0.2, 0.25) is 0 Å². The lowest BCUT2D eigenvalue weighted by Crippen LogP contribution is -2.57. The van der Waals surface area contributed by atoms with Crippen LogP contribution >= 0.6 is 0 Å². The van der Waals surface area contributed by atoms with Gasteiger partial charge in [-0.2, -0.15) is 0 Å². The number of aliphatic hydroxyl groups excluding tert-OH is 1. The molecule has 2 N–H and O–H groups in total. The van der Waals surface area contributed by atoms with Crippen LogP contribution in [-0.2, 0) is 24.0 Å². The van der Waals surface area contributed by atoms with E-state index < -0.39 is 29.6 Å². The topological polar surface area (TPSA) is 126 Å². The average Bonchev–Trinajstić information content (AvgIpc) is 3.41. The van der Waals surface area contributed by atoms with Gasteiger partial charge in [-0.25, -0.2) is 4.79 Å². The SMILES string of the molecule is COC(=O)[C@H]1C[C@@H](O)CN1C(=O)CO/N=C1/C=C2CC[C@H]3[C@@H](CC[C@@]4(C)[C@H]3CC[C@]4(O)C(C)=O)[C@@]2(C)CC1. The maximum atomic E-state index is 12.7. The van der Waals surface area contributed by atoms with Gasteiger partial charge in [-0.15, -0.1) is 0 Å². The minimum absolute atomic E-state index is 0.0649. The number of ketones is 1. The van der Waals surface area contributed by atoms with Crippen LogP contribution in [0.25, 0.3) is 0 Å². The van der Waals surface area contributed by atoms with E-state index in [1.807, 2.05) is 0 Å². The number of Topliss-reactive ketones (excluding diaryl/α,β-unsaturated/α-hetero) is 1. The second-order valence-corrected chi connectivity index (χ2v) is 12.7. The summed E-state index contributed by atoms with van der Waals surface area (Å²) < 4.78 is 4.76. The normalized spacial score (nSPS) is 43.1. The zero-order valence-electron chi connectivity index (χ0n) is 23.1. The highest BCUT2D eigenvalue weighted by Gasteiger charge is 2.65. The van der Waals surface area contributed by atoms with Crippen molar-refractivity contribution >= 4 is 23.4 Å². The number of amides is 1. The van der Waals surface area contributed by atoms with Crippen molar-refractivity contribution in [2.45, 2.75) is 96.3 Å². The molecule has 5 aliphatic rings. The van der Waals surface area contributed by atoms with Gasteiger partial charge in [-0.1, -0.05) is 24.6 Å². The van der Waals surface area contributed by atoms with E-state index in [0.29, 0.717) is 24.2 Å². The molecular weight excluding hydrogens is 488 g/mol. The number of hydrogen-bond acceptors (Lipinski definition) is 8. The molecule has 0 spiro atoms. The molecule has 3 saturated carbocycles. The summed E-state index contributed by atoms with van der Waals surface area (Å²) in [6.07, 6.45) is 8.67. The zero-order chi connectivity index (χ0) is 27.5. The maximum Gasteiger partial charge on any atom is 0.328 e. The molecule has 8 atom stereocenters. The highest BCUT2D eigenvalue weighted by atomic mass is 16.6. The number of nitrogens with zero attached hydrogens (tertiary/aromatic N) is 2. The second kappa shape index (κ2) is 9.73. The molecule has 210 valence electrons. The molecule has 0 aromatic heterocycles. The van der Waals surface area contributed by atoms with E-state index in [4.69, 9.17) is 9.57 Å². The fourth-order valence-electron chi connectivity index (χ4n) is 8.94. The van der Waals surface area contributed by atoms with E-state index in [1.54, 1.807) is 6.92 Å². The number of rotatable bonds is 5. The number of aliphatic hydroxyl groups is 2. The molecule has 1 saturated heterocycles. The van der Waals surface area contributed by atoms with Gasteiger partial charge >= 0.3 is 5.97 Å². The number of ether oxygens (including phenoxy) is 1. The second-order valence-electron chi connectivity index (χ2n) is 12.7. The van der Waals surface area contributed by atoms with Crippen LogP contribution in [0, 0.1) is 28.6 Å². The van der Waals surface area contributed by atoms with Crippen LogP contribution in [0.3, 0.4) is 0 Å². The molecule has 0 radical (unpaired) electrons. The molecule has 0 unspecified atom stereocenters. The van der Waals surface area contributed by atoms with Gasteiger partial charge in [0, 0.05) is 18.4 Å². The minimum Gasteiger partial charge on any atom is -0.467 e. The molecule has 0 aromatic rings. The Morgan fingerprint density at radius 2 is 1.84 bits per heavy atom. The van der Waals surface area contributed by atoms with Crippen LogP contribution < -0.4 is 0 Å². The van der Waals surface area contributed by atoms with Gasteiger partial charge in [0.05, 0.1) is 18.9 Å². The molecule has 5 rings (SSSR count). The Hall–Kier alpha value is -2.26. The minimum atomic E-state index is -1.19. The maximum absolute atomic E-state index is 12.7. The van der Waals surface area contributed by atoms with E-state index >= 15 is 0 Å². The largest absolute Gasteiger partial charge is 0.467 e. The van der Waals surface area contributed by atoms with Crippen LogP contribution in [0.5, 0.6) is 0 Å². The molecule has 1 heterocycles. The summed E-state index contributed by atoms with van der Waals surface area (Å²) >= 11 is 0. The van der Waals surface area contributed by atoms with Crippen LogP contribution in [0.1, 0.15) is 78.6 Å². The van der Waals surface area contributed by atoms with Crippen LogP contribution in [0.4, 0.5) is 0 Å². The van der Waals surface area contributed by atoms with Crippen molar-refractivity contribution < 1.29 is 34.2 Å². The number of methoxy groups -OCH3 is 1. The Bertz CT molecular complexity index is 1070. The van der Waals surface area contributed by atoms with Gasteiger partial charge in [-0.3, -0.25) is 9.59 Å². The fourth-order valence-corrected chi connectivity index (χ4v) is 8.94. The first-order valence-electron chi connectivity index (χ1n) is 14.1. The van der Waals surface area contributed by atoms with E-state index in [9.17, 15) is 24.6 Å². The Balaban J connectivity index is 1.25. The summed E-state index contributed by atoms with van der Waals surface area (Å²) in [5.74, 6) is 0.381. The Kier molecular flexibility index (Phi) is 7.00. The monoisotopic (exact) mass is 530 g/mol. The number of carbonyl (C=O) groups excluding carboxylic acids is 3. The highest BCUT2D eigenvalue weighted by molar-refractivity contribution is 5.96. The predicted molar refractivity (Wildman–Crippen MR) is 139 cm³/mol. The first kappa shape index (κ1) is 27.3. The molecular formula is C29H42N2O7. The molecule has 9 heteroatoms. The number of oxime groups is 1. The van der Waals surface area contributed by atoms with Gasteiger partial charge in [-0.05, 0) is 87.5 Å². The first-order valence-corrected chi connectivity index (χ1v) is 14.1. The summed E-state index contributed by atoms with van der Waals surface area (Å²) in [4.78, 5) is 43.8. The smallest absolute Gasteiger partial charge is 0.328 e. The van der Waals surface area contributed by atoms with Crippen LogP contribution in [0.2, 0.25) is 0 Å². The van der Waals surface area contributed by atoms with Gasteiger partial charge in [0.1, 0.15) is 11.6 Å². The van der Waals surface area contributed by atoms with E-state index in [2.05, 4.69) is 25.1 Å². The molecule has 9 nitrogen and oxygen atoms in total. The fraction of sp³-hybridized carbons (Fsp3) is 0.793. The number of likely N-dealkylation sites (tertiary alicyclic amines) is 1. The number of esters is 1. The summed E-state index contributed by atoms with van der Waals surface area (Å²) in [5, 5.41) is 25.5. The number of allylic oxidation sites excluding steroid dienone is 2. The highest BCUT2D eigenvalue weighted by Crippen LogP contribution is 2.67. The van der Waals surface area contributed by atoms with Crippen molar-refractivity contribution in [2.75, 3.05) is 20.3 Å².